The summed E-state index contributed by atoms with van der Waals surface area (Å²) in [6.45, 7) is 12.9. The number of rotatable bonds is 9. The van der Waals surface area contributed by atoms with Gasteiger partial charge in [0.1, 0.15) is 0 Å². The zero-order chi connectivity index (χ0) is 19.0. The standard InChI is InChI=1S/C21H32N2OSi/c1-16(2)25(17(3)4,18(5)6)21(23-22)20(24)15-11-10-14-19-12-8-7-9-13-19/h7-9,11-13,15-18H,10,14H2,1-6H3/b15-11+. The van der Waals surface area contributed by atoms with E-state index in [2.05, 4.69) is 58.5 Å². The molecular weight excluding hydrogens is 324 g/mol. The summed E-state index contributed by atoms with van der Waals surface area (Å²) in [5, 5.41) is 0.420. The Balaban J connectivity index is 2.95. The third-order valence-electron chi connectivity index (χ3n) is 5.32. The molecule has 0 aliphatic heterocycles. The van der Waals surface area contributed by atoms with E-state index >= 15 is 0 Å². The maximum atomic E-state index is 12.8. The van der Waals surface area contributed by atoms with Gasteiger partial charge in [-0.1, -0.05) is 78.0 Å². The van der Waals surface area contributed by atoms with E-state index in [0.717, 1.165) is 12.8 Å². The molecule has 4 heteroatoms. The summed E-state index contributed by atoms with van der Waals surface area (Å²) in [5.41, 5.74) is 11.9. The van der Waals surface area contributed by atoms with Crippen LogP contribution >= 0.6 is 0 Å². The van der Waals surface area contributed by atoms with E-state index in [1.807, 2.05) is 24.3 Å². The number of carbonyl (C=O) groups is 1. The monoisotopic (exact) mass is 356 g/mol. The largest absolute Gasteiger partial charge is 0.362 e. The highest BCUT2D eigenvalue weighted by atomic mass is 28.3. The number of benzene rings is 1. The van der Waals surface area contributed by atoms with Gasteiger partial charge < -0.3 is 5.53 Å². The van der Waals surface area contributed by atoms with E-state index in [1.165, 1.54) is 5.56 Å². The second-order valence-corrected chi connectivity index (χ2v) is 13.4. The van der Waals surface area contributed by atoms with Crippen molar-refractivity contribution < 1.29 is 9.58 Å². The zero-order valence-corrected chi connectivity index (χ0v) is 17.5. The molecule has 0 atom stereocenters. The Morgan fingerprint density at radius 1 is 1.04 bits per heavy atom. The highest BCUT2D eigenvalue weighted by molar-refractivity contribution is 7.16. The lowest BCUT2D eigenvalue weighted by atomic mass is 10.1. The normalized spacial score (nSPS) is 12.2. The fourth-order valence-corrected chi connectivity index (χ4v) is 10.7. The number of nitrogens with zero attached hydrogens (tertiary/aromatic N) is 2. The van der Waals surface area contributed by atoms with Gasteiger partial charge in [0, 0.05) is 0 Å². The van der Waals surface area contributed by atoms with Crippen molar-refractivity contribution in [2.45, 2.75) is 71.0 Å². The van der Waals surface area contributed by atoms with Crippen LogP contribution in [0.5, 0.6) is 0 Å². The first-order chi connectivity index (χ1) is 11.8. The van der Waals surface area contributed by atoms with Crippen molar-refractivity contribution in [2.24, 2.45) is 0 Å². The Morgan fingerprint density at radius 2 is 1.56 bits per heavy atom. The SMILES string of the molecule is CC(C)[Si](C(=[N+]=[N-])C(=O)/C=C/CCc1ccccc1)(C(C)C)C(C)C. The van der Waals surface area contributed by atoms with Crippen molar-refractivity contribution in [2.75, 3.05) is 0 Å². The second-order valence-electron chi connectivity index (χ2n) is 7.64. The van der Waals surface area contributed by atoms with Crippen LogP contribution in [0.2, 0.25) is 16.6 Å². The quantitative estimate of drug-likeness (QED) is 0.186. The number of aryl methyl sites for hydroxylation is 1. The lowest BCUT2D eigenvalue weighted by Crippen LogP contribution is -2.55. The minimum atomic E-state index is -2.25. The molecule has 0 aliphatic carbocycles. The molecule has 3 nitrogen and oxygen atoms in total. The molecule has 0 radical (unpaired) electrons. The predicted molar refractivity (Wildman–Crippen MR) is 109 cm³/mol. The van der Waals surface area contributed by atoms with E-state index in [0.29, 0.717) is 22.0 Å². The molecule has 0 amide bonds. The average molecular weight is 357 g/mol. The molecule has 0 saturated carbocycles. The van der Waals surface area contributed by atoms with Crippen molar-refractivity contribution in [3.63, 3.8) is 0 Å². The molecule has 1 rings (SSSR count). The number of carbonyl (C=O) groups excluding carboxylic acids is 1. The summed E-state index contributed by atoms with van der Waals surface area (Å²) in [7, 11) is -2.25. The predicted octanol–water partition coefficient (Wildman–Crippen LogP) is 5.63. The van der Waals surface area contributed by atoms with Crippen molar-refractivity contribution in [1.82, 2.24) is 0 Å². The Bertz CT molecular complexity index is 619. The minimum Gasteiger partial charge on any atom is -0.362 e. The van der Waals surface area contributed by atoms with Gasteiger partial charge in [-0.05, 0) is 41.1 Å². The molecule has 25 heavy (non-hydrogen) atoms. The second kappa shape index (κ2) is 9.64. The fraction of sp³-hybridized carbons (Fsp3) is 0.524. The molecule has 0 aromatic heterocycles. The van der Waals surface area contributed by atoms with Crippen molar-refractivity contribution >= 4 is 19.2 Å². The maximum Gasteiger partial charge on any atom is 0.305 e. The maximum absolute atomic E-state index is 12.8. The highest BCUT2D eigenvalue weighted by Gasteiger charge is 2.55. The van der Waals surface area contributed by atoms with Crippen LogP contribution in [0.4, 0.5) is 0 Å². The lowest BCUT2D eigenvalue weighted by molar-refractivity contribution is -0.112. The molecule has 0 unspecified atom stereocenters. The molecule has 0 fully saturated rings. The van der Waals surface area contributed by atoms with E-state index in [4.69, 9.17) is 0 Å². The van der Waals surface area contributed by atoms with Crippen LogP contribution in [0.1, 0.15) is 53.5 Å². The average Bonchev–Trinajstić information content (AvgIpc) is 2.55. The summed E-state index contributed by atoms with van der Waals surface area (Å²) in [6, 6.07) is 10.2. The first-order valence-electron chi connectivity index (χ1n) is 9.25. The van der Waals surface area contributed by atoms with Crippen LogP contribution in [-0.2, 0) is 11.2 Å². The minimum absolute atomic E-state index is 0.127. The number of ketones is 1. The van der Waals surface area contributed by atoms with Crippen LogP contribution < -0.4 is 0 Å². The van der Waals surface area contributed by atoms with Crippen LogP contribution in [0.15, 0.2) is 42.5 Å². The van der Waals surface area contributed by atoms with Gasteiger partial charge >= 0.3 is 5.33 Å². The van der Waals surface area contributed by atoms with E-state index in [9.17, 15) is 10.3 Å². The Morgan fingerprint density at radius 3 is 2.00 bits per heavy atom. The molecule has 136 valence electrons. The molecule has 0 heterocycles. The third-order valence-corrected chi connectivity index (χ3v) is 12.2. The Hall–Kier alpha value is -1.77. The van der Waals surface area contributed by atoms with Gasteiger partial charge in [0.05, 0.1) is 0 Å². The molecule has 0 saturated heterocycles. The summed E-state index contributed by atoms with van der Waals surface area (Å²) < 4.78 is 0. The van der Waals surface area contributed by atoms with Gasteiger partial charge in [0.25, 0.3) is 5.78 Å². The van der Waals surface area contributed by atoms with Gasteiger partial charge in [0.15, 0.2) is 0 Å². The van der Waals surface area contributed by atoms with Gasteiger partial charge in [-0.15, -0.1) is 0 Å². The van der Waals surface area contributed by atoms with Gasteiger partial charge in [-0.2, -0.15) is 4.79 Å². The van der Waals surface area contributed by atoms with Crippen molar-refractivity contribution in [3.05, 3.63) is 53.6 Å². The lowest BCUT2D eigenvalue weighted by Gasteiger charge is -2.37. The van der Waals surface area contributed by atoms with E-state index in [-0.39, 0.29) is 5.78 Å². The molecular formula is C21H32N2OSi. The molecule has 1 aromatic carbocycles. The number of hydrogen-bond acceptors (Lipinski definition) is 1. The summed E-state index contributed by atoms with van der Waals surface area (Å²) in [5.74, 6) is -0.127. The molecule has 0 N–H and O–H groups in total. The van der Waals surface area contributed by atoms with Gasteiger partial charge in [0.2, 0.25) is 8.07 Å². The topological polar surface area (TPSA) is 53.5 Å². The van der Waals surface area contributed by atoms with Crippen LogP contribution in [0.25, 0.3) is 5.53 Å². The van der Waals surface area contributed by atoms with Gasteiger partial charge in [-0.25, -0.2) is 0 Å². The van der Waals surface area contributed by atoms with Crippen LogP contribution in [-0.4, -0.2) is 24.0 Å². The molecule has 0 spiro atoms. The molecule has 1 aromatic rings. The molecule has 0 bridgehead atoms. The number of hydrogen-bond donors (Lipinski definition) is 0. The van der Waals surface area contributed by atoms with Crippen molar-refractivity contribution in [3.8, 4) is 0 Å². The van der Waals surface area contributed by atoms with E-state index in [1.54, 1.807) is 6.08 Å². The smallest absolute Gasteiger partial charge is 0.305 e. The highest BCUT2D eigenvalue weighted by Crippen LogP contribution is 2.42. The van der Waals surface area contributed by atoms with Crippen molar-refractivity contribution in [1.29, 1.82) is 0 Å². The van der Waals surface area contributed by atoms with E-state index < -0.39 is 8.07 Å². The van der Waals surface area contributed by atoms with Crippen LogP contribution in [0, 0.1) is 0 Å². The third kappa shape index (κ3) is 4.87. The van der Waals surface area contributed by atoms with Crippen LogP contribution in [0.3, 0.4) is 0 Å². The summed E-state index contributed by atoms with van der Waals surface area (Å²) >= 11 is 0. The fourth-order valence-electron chi connectivity index (χ4n) is 4.33. The Labute approximate surface area is 153 Å². The number of allylic oxidation sites excluding steroid dienone is 2. The first kappa shape index (κ1) is 21.3. The summed E-state index contributed by atoms with van der Waals surface area (Å²) in [4.78, 5) is 16.3. The summed E-state index contributed by atoms with van der Waals surface area (Å²) in [6.07, 6.45) is 5.21. The zero-order valence-electron chi connectivity index (χ0n) is 16.5. The Kier molecular flexibility index (Phi) is 8.20. The molecule has 0 aliphatic rings. The first-order valence-corrected chi connectivity index (χ1v) is 11.5. The van der Waals surface area contributed by atoms with Gasteiger partial charge in [-0.3, -0.25) is 4.79 Å².